The second kappa shape index (κ2) is 8.33. The molecule has 0 amide bonds. The molecule has 6 heteroatoms. The lowest BCUT2D eigenvalue weighted by Gasteiger charge is -2.38. The Hall–Kier alpha value is -2.89. The largest absolute Gasteiger partial charge is 0.489 e. The summed E-state index contributed by atoms with van der Waals surface area (Å²) in [5.41, 5.74) is 3.82. The normalized spacial score (nSPS) is 18.3. The zero-order valence-corrected chi connectivity index (χ0v) is 18.5. The second-order valence-electron chi connectivity index (χ2n) is 8.34. The number of hydrogen-bond acceptors (Lipinski definition) is 4. The van der Waals surface area contributed by atoms with Gasteiger partial charge in [-0.1, -0.05) is 54.1 Å². The molecular formula is C25H25ClN4O. The first-order valence-electron chi connectivity index (χ1n) is 10.6. The second-order valence-corrected chi connectivity index (χ2v) is 8.70. The van der Waals surface area contributed by atoms with E-state index in [1.165, 1.54) is 0 Å². The van der Waals surface area contributed by atoms with Gasteiger partial charge < -0.3 is 9.64 Å². The van der Waals surface area contributed by atoms with Crippen LogP contribution in [-0.4, -0.2) is 39.4 Å². The average molecular weight is 433 g/mol. The van der Waals surface area contributed by atoms with Gasteiger partial charge in [0.1, 0.15) is 23.7 Å². The van der Waals surface area contributed by atoms with Crippen molar-refractivity contribution in [3.05, 3.63) is 83.5 Å². The van der Waals surface area contributed by atoms with Crippen LogP contribution < -0.4 is 4.74 Å². The molecule has 0 bridgehead atoms. The van der Waals surface area contributed by atoms with Crippen molar-refractivity contribution < 1.29 is 4.74 Å². The quantitative estimate of drug-likeness (QED) is 0.407. The van der Waals surface area contributed by atoms with E-state index in [4.69, 9.17) is 21.3 Å². The molecular weight excluding hydrogens is 408 g/mol. The number of hydrogen-bond donors (Lipinski definition) is 0. The van der Waals surface area contributed by atoms with Gasteiger partial charge in [0.05, 0.1) is 5.69 Å². The molecule has 4 aromatic rings. The Morgan fingerprint density at radius 1 is 1.10 bits per heavy atom. The van der Waals surface area contributed by atoms with E-state index < -0.39 is 0 Å². The topological polar surface area (TPSA) is 42.7 Å². The molecule has 158 valence electrons. The minimum atomic E-state index is 0.421. The molecule has 2 aromatic carbocycles. The molecule has 5 nitrogen and oxygen atoms in total. The third kappa shape index (κ3) is 3.91. The van der Waals surface area contributed by atoms with E-state index in [9.17, 15) is 0 Å². The molecule has 1 fully saturated rings. The van der Waals surface area contributed by atoms with Crippen molar-refractivity contribution in [1.29, 1.82) is 0 Å². The van der Waals surface area contributed by atoms with Crippen LogP contribution in [0.4, 0.5) is 0 Å². The Balaban J connectivity index is 1.47. The third-order valence-corrected chi connectivity index (χ3v) is 6.38. The van der Waals surface area contributed by atoms with Crippen molar-refractivity contribution in [1.82, 2.24) is 19.3 Å². The number of benzene rings is 2. The molecule has 0 N–H and O–H groups in total. The fourth-order valence-electron chi connectivity index (χ4n) is 4.21. The maximum absolute atomic E-state index is 6.54. The summed E-state index contributed by atoms with van der Waals surface area (Å²) in [6.45, 7) is 0.524. The van der Waals surface area contributed by atoms with Crippen LogP contribution in [0.2, 0.25) is 5.15 Å². The van der Waals surface area contributed by atoms with Crippen molar-refractivity contribution in [2.45, 2.75) is 31.4 Å². The van der Waals surface area contributed by atoms with E-state index in [0.717, 1.165) is 46.8 Å². The zero-order valence-electron chi connectivity index (χ0n) is 17.7. The van der Waals surface area contributed by atoms with Gasteiger partial charge >= 0.3 is 0 Å². The number of halogens is 1. The summed E-state index contributed by atoms with van der Waals surface area (Å²) >= 11 is 6.54. The van der Waals surface area contributed by atoms with E-state index in [0.29, 0.717) is 23.7 Å². The number of ether oxygens (including phenoxy) is 1. The number of aromatic nitrogens is 3. The predicted molar refractivity (Wildman–Crippen MR) is 124 cm³/mol. The smallest absolute Gasteiger partial charge is 0.155 e. The lowest BCUT2D eigenvalue weighted by molar-refractivity contribution is 0.161. The predicted octanol–water partition coefficient (Wildman–Crippen LogP) is 5.44. The SMILES string of the molecule is CN(C)[C@H]1C[C@@H](c2nc(-c3cccc(OCc4ccccc4)c3)c3c(Cl)nccn32)C1. The van der Waals surface area contributed by atoms with Crippen LogP contribution >= 0.6 is 11.6 Å². The Bertz CT molecular complexity index is 1200. The molecule has 0 unspecified atom stereocenters. The van der Waals surface area contributed by atoms with E-state index in [2.05, 4.69) is 40.5 Å². The maximum atomic E-state index is 6.54. The first-order valence-corrected chi connectivity index (χ1v) is 10.9. The van der Waals surface area contributed by atoms with Crippen molar-refractivity contribution in [2.75, 3.05) is 14.1 Å². The molecule has 31 heavy (non-hydrogen) atoms. The van der Waals surface area contributed by atoms with Gasteiger partial charge in [-0.2, -0.15) is 0 Å². The molecule has 0 atom stereocenters. The highest BCUT2D eigenvalue weighted by atomic mass is 35.5. The van der Waals surface area contributed by atoms with Crippen LogP contribution in [0.25, 0.3) is 16.8 Å². The lowest BCUT2D eigenvalue weighted by atomic mass is 9.79. The summed E-state index contributed by atoms with van der Waals surface area (Å²) in [6.07, 6.45) is 5.91. The fourth-order valence-corrected chi connectivity index (χ4v) is 4.45. The highest BCUT2D eigenvalue weighted by Gasteiger charge is 2.35. The van der Waals surface area contributed by atoms with Gasteiger partial charge in [-0.3, -0.25) is 4.40 Å². The van der Waals surface area contributed by atoms with E-state index in [1.54, 1.807) is 6.20 Å². The minimum Gasteiger partial charge on any atom is -0.489 e. The summed E-state index contributed by atoms with van der Waals surface area (Å²) in [5.74, 6) is 2.29. The molecule has 5 rings (SSSR count). The van der Waals surface area contributed by atoms with Gasteiger partial charge in [-0.25, -0.2) is 9.97 Å². The summed E-state index contributed by atoms with van der Waals surface area (Å²) in [5, 5.41) is 0.468. The van der Waals surface area contributed by atoms with Crippen molar-refractivity contribution in [2.24, 2.45) is 0 Å². The first-order chi connectivity index (χ1) is 15.1. The van der Waals surface area contributed by atoms with Gasteiger partial charge in [0.25, 0.3) is 0 Å². The van der Waals surface area contributed by atoms with Gasteiger partial charge in [0.15, 0.2) is 5.15 Å². The third-order valence-electron chi connectivity index (χ3n) is 6.10. The summed E-state index contributed by atoms with van der Waals surface area (Å²) < 4.78 is 8.14. The summed E-state index contributed by atoms with van der Waals surface area (Å²) in [6, 6.07) is 18.8. The van der Waals surface area contributed by atoms with E-state index in [1.807, 2.05) is 48.7 Å². The van der Waals surface area contributed by atoms with Crippen LogP contribution in [0, 0.1) is 0 Å². The Kier molecular flexibility index (Phi) is 5.38. The fraction of sp³-hybridized carbons (Fsp3) is 0.280. The highest BCUT2D eigenvalue weighted by molar-refractivity contribution is 6.33. The molecule has 1 aliphatic carbocycles. The van der Waals surface area contributed by atoms with Crippen LogP contribution in [0.15, 0.2) is 67.0 Å². The first kappa shape index (κ1) is 20.0. The van der Waals surface area contributed by atoms with Gasteiger partial charge in [0, 0.05) is 29.9 Å². The molecule has 0 spiro atoms. The number of fused-ring (bicyclic) bond motifs is 1. The van der Waals surface area contributed by atoms with Crippen LogP contribution in [0.1, 0.15) is 30.1 Å². The van der Waals surface area contributed by atoms with Crippen LogP contribution in [0.3, 0.4) is 0 Å². The Morgan fingerprint density at radius 2 is 1.90 bits per heavy atom. The molecule has 0 aliphatic heterocycles. The lowest BCUT2D eigenvalue weighted by Crippen LogP contribution is -2.39. The Labute approximate surface area is 187 Å². The number of imidazole rings is 1. The van der Waals surface area contributed by atoms with Crippen molar-refractivity contribution >= 4 is 17.1 Å². The van der Waals surface area contributed by atoms with E-state index >= 15 is 0 Å². The highest BCUT2D eigenvalue weighted by Crippen LogP contribution is 2.41. The van der Waals surface area contributed by atoms with Crippen molar-refractivity contribution in [3.8, 4) is 17.0 Å². The zero-order chi connectivity index (χ0) is 21.4. The van der Waals surface area contributed by atoms with Crippen LogP contribution in [-0.2, 0) is 6.61 Å². The monoisotopic (exact) mass is 432 g/mol. The average Bonchev–Trinajstić information content (AvgIpc) is 3.13. The standard InChI is InChI=1S/C25H25ClN4O/c1-29(2)20-13-19(14-20)25-28-22(23-24(26)27-11-12-30(23)25)18-9-6-10-21(15-18)31-16-17-7-4-3-5-8-17/h3-12,15,19-20H,13-14,16H2,1-2H3/t19-,20+. The minimum absolute atomic E-state index is 0.421. The number of nitrogens with zero attached hydrogens (tertiary/aromatic N) is 4. The van der Waals surface area contributed by atoms with Crippen molar-refractivity contribution in [3.63, 3.8) is 0 Å². The van der Waals surface area contributed by atoms with Gasteiger partial charge in [-0.15, -0.1) is 0 Å². The molecule has 0 saturated heterocycles. The summed E-state index contributed by atoms with van der Waals surface area (Å²) in [4.78, 5) is 11.7. The molecule has 0 radical (unpaired) electrons. The summed E-state index contributed by atoms with van der Waals surface area (Å²) in [7, 11) is 4.27. The van der Waals surface area contributed by atoms with E-state index in [-0.39, 0.29) is 0 Å². The molecule has 2 aromatic heterocycles. The van der Waals surface area contributed by atoms with Gasteiger partial charge in [0.2, 0.25) is 0 Å². The maximum Gasteiger partial charge on any atom is 0.155 e. The molecule has 1 aliphatic rings. The number of rotatable bonds is 6. The van der Waals surface area contributed by atoms with Gasteiger partial charge in [-0.05, 0) is 44.6 Å². The molecule has 1 saturated carbocycles. The molecule has 2 heterocycles. The Morgan fingerprint density at radius 3 is 2.68 bits per heavy atom. The van der Waals surface area contributed by atoms with Crippen LogP contribution in [0.5, 0.6) is 5.75 Å².